The summed E-state index contributed by atoms with van der Waals surface area (Å²) >= 11 is 0. The molecule has 1 aliphatic rings. The first-order chi connectivity index (χ1) is 14.9. The summed E-state index contributed by atoms with van der Waals surface area (Å²) < 4.78 is 93.8. The summed E-state index contributed by atoms with van der Waals surface area (Å²) in [5.41, 5.74) is 1.14. The van der Waals surface area contributed by atoms with Crippen LogP contribution in [-0.4, -0.2) is 57.4 Å². The molecule has 8 nitrogen and oxygen atoms in total. The highest BCUT2D eigenvalue weighted by Crippen LogP contribution is 2.40. The van der Waals surface area contributed by atoms with Crippen molar-refractivity contribution < 1.29 is 35.1 Å². The van der Waals surface area contributed by atoms with Crippen LogP contribution in [0.1, 0.15) is 31.2 Å². The Labute approximate surface area is 178 Å². The van der Waals surface area contributed by atoms with Gasteiger partial charge in [0.15, 0.2) is 27.1 Å². The van der Waals surface area contributed by atoms with Gasteiger partial charge >= 0.3 is 12.1 Å². The molecule has 0 bridgehead atoms. The Morgan fingerprint density at radius 3 is 2.38 bits per heavy atom. The summed E-state index contributed by atoms with van der Waals surface area (Å²) in [7, 11) is -3.81. The van der Waals surface area contributed by atoms with Gasteiger partial charge in [-0.2, -0.15) is 27.1 Å². The highest BCUT2D eigenvalue weighted by Gasteiger charge is 2.58. The second-order valence-electron chi connectivity index (χ2n) is 7.24. The van der Waals surface area contributed by atoms with E-state index in [1.54, 1.807) is 12.4 Å². The predicted molar refractivity (Wildman–Crippen MR) is 100 cm³/mol. The van der Waals surface area contributed by atoms with Gasteiger partial charge in [-0.1, -0.05) is 6.92 Å². The van der Waals surface area contributed by atoms with Gasteiger partial charge in [0.05, 0.1) is 29.4 Å². The fraction of sp³-hybridized carbons (Fsp3) is 0.444. The Bertz CT molecular complexity index is 1250. The third-order valence-corrected chi connectivity index (χ3v) is 6.52. The summed E-state index contributed by atoms with van der Waals surface area (Å²) in [4.78, 5) is 11.9. The first kappa shape index (κ1) is 22.3. The molecule has 0 amide bonds. The van der Waals surface area contributed by atoms with E-state index in [1.807, 2.05) is 0 Å². The molecule has 0 atom stereocenters. The van der Waals surface area contributed by atoms with Gasteiger partial charge in [0.25, 0.3) is 0 Å². The lowest BCUT2D eigenvalue weighted by atomic mass is 10.2. The van der Waals surface area contributed by atoms with Crippen LogP contribution in [0.5, 0.6) is 5.88 Å². The summed E-state index contributed by atoms with van der Waals surface area (Å²) in [6.45, 7) is -0.530. The number of fused-ring (bicyclic) bond motifs is 1. The van der Waals surface area contributed by atoms with Crippen molar-refractivity contribution in [1.29, 1.82) is 0 Å². The number of ether oxygens (including phenoxy) is 1. The SMILES string of the molecule is CCS(=O)(=O)c1nn2cc(C3CC3)cnc2c1-c1cnc(OCC(F)(F)C(F)(F)F)cn1. The average Bonchev–Trinajstić information content (AvgIpc) is 3.51. The van der Waals surface area contributed by atoms with Gasteiger partial charge in [-0.25, -0.2) is 27.9 Å². The molecule has 172 valence electrons. The zero-order chi connectivity index (χ0) is 23.3. The first-order valence-electron chi connectivity index (χ1n) is 9.44. The average molecular weight is 477 g/mol. The highest BCUT2D eigenvalue weighted by atomic mass is 32.2. The number of hydrogen-bond donors (Lipinski definition) is 0. The minimum absolute atomic E-state index is 0.00590. The summed E-state index contributed by atoms with van der Waals surface area (Å²) in [6.07, 6.45) is 1.36. The Morgan fingerprint density at radius 1 is 1.09 bits per heavy atom. The molecular weight excluding hydrogens is 461 g/mol. The van der Waals surface area contributed by atoms with Crippen LogP contribution in [0.2, 0.25) is 0 Å². The molecule has 0 radical (unpaired) electrons. The summed E-state index contributed by atoms with van der Waals surface area (Å²) in [6, 6.07) is 0. The molecule has 0 spiro atoms. The number of nitrogens with zero attached hydrogens (tertiary/aromatic N) is 5. The fourth-order valence-electron chi connectivity index (χ4n) is 2.90. The number of sulfone groups is 1. The molecule has 1 fully saturated rings. The van der Waals surface area contributed by atoms with Crippen molar-refractivity contribution in [2.75, 3.05) is 12.4 Å². The zero-order valence-electron chi connectivity index (χ0n) is 16.5. The number of halogens is 5. The maximum absolute atomic E-state index is 13.0. The topological polar surface area (TPSA) is 99.3 Å². The zero-order valence-corrected chi connectivity index (χ0v) is 17.3. The largest absolute Gasteiger partial charge is 0.470 e. The normalized spacial score (nSPS) is 15.3. The minimum atomic E-state index is -5.77. The van der Waals surface area contributed by atoms with Gasteiger partial charge in [0, 0.05) is 12.4 Å². The van der Waals surface area contributed by atoms with Crippen molar-refractivity contribution in [1.82, 2.24) is 24.6 Å². The molecule has 32 heavy (non-hydrogen) atoms. The van der Waals surface area contributed by atoms with Gasteiger partial charge in [-0.3, -0.25) is 0 Å². The quantitative estimate of drug-likeness (QED) is 0.481. The second-order valence-corrected chi connectivity index (χ2v) is 9.44. The number of aromatic nitrogens is 5. The van der Waals surface area contributed by atoms with Gasteiger partial charge in [0.1, 0.15) is 0 Å². The molecular formula is C18H16F5N5O3S. The predicted octanol–water partition coefficient (Wildman–Crippen LogP) is 3.43. The Kier molecular flexibility index (Phi) is 5.30. The number of alkyl halides is 5. The van der Waals surface area contributed by atoms with Crippen LogP contribution in [0.25, 0.3) is 16.9 Å². The maximum atomic E-state index is 13.0. The van der Waals surface area contributed by atoms with Crippen molar-refractivity contribution in [3.8, 4) is 17.1 Å². The van der Waals surface area contributed by atoms with E-state index in [2.05, 4.69) is 24.8 Å². The Morgan fingerprint density at radius 2 is 1.81 bits per heavy atom. The van der Waals surface area contributed by atoms with Crippen LogP contribution in [0, 0.1) is 0 Å². The highest BCUT2D eigenvalue weighted by molar-refractivity contribution is 7.91. The molecule has 1 aliphatic carbocycles. The number of rotatable bonds is 7. The maximum Gasteiger partial charge on any atom is 0.456 e. The first-order valence-corrected chi connectivity index (χ1v) is 11.1. The molecule has 4 rings (SSSR count). The van der Waals surface area contributed by atoms with Crippen LogP contribution in [0.15, 0.2) is 29.8 Å². The lowest BCUT2D eigenvalue weighted by Gasteiger charge is -2.19. The minimum Gasteiger partial charge on any atom is -0.470 e. The van der Waals surface area contributed by atoms with E-state index < -0.39 is 34.4 Å². The molecule has 0 aliphatic heterocycles. The molecule has 3 aromatic rings. The van der Waals surface area contributed by atoms with Crippen molar-refractivity contribution in [3.05, 3.63) is 30.4 Å². The lowest BCUT2D eigenvalue weighted by molar-refractivity contribution is -0.290. The van der Waals surface area contributed by atoms with Crippen molar-refractivity contribution >= 4 is 15.5 Å². The standard InChI is InChI=1S/C18H16F5N5O3S/c1-2-32(29,30)16-14(15-26-5-11(10-3-4-10)8-28(15)27-16)12-6-25-13(7-24-12)31-9-17(19,20)18(21,22)23/h5-8,10H,2-4,9H2,1H3. The Hall–Kier alpha value is -2.90. The molecule has 3 heterocycles. The third-order valence-electron chi connectivity index (χ3n) is 4.88. The van der Waals surface area contributed by atoms with Crippen LogP contribution in [-0.2, 0) is 9.84 Å². The van der Waals surface area contributed by atoms with E-state index in [0.717, 1.165) is 30.8 Å². The van der Waals surface area contributed by atoms with E-state index in [4.69, 9.17) is 0 Å². The monoisotopic (exact) mass is 477 g/mol. The molecule has 0 aromatic carbocycles. The van der Waals surface area contributed by atoms with E-state index in [-0.39, 0.29) is 27.7 Å². The van der Waals surface area contributed by atoms with Crippen LogP contribution < -0.4 is 4.74 Å². The van der Waals surface area contributed by atoms with E-state index in [1.165, 1.54) is 11.4 Å². The van der Waals surface area contributed by atoms with Gasteiger partial charge in [0.2, 0.25) is 5.88 Å². The van der Waals surface area contributed by atoms with E-state index >= 15 is 0 Å². The molecule has 0 N–H and O–H groups in total. The van der Waals surface area contributed by atoms with Gasteiger partial charge in [-0.15, -0.1) is 0 Å². The van der Waals surface area contributed by atoms with E-state index in [0.29, 0.717) is 5.92 Å². The fourth-order valence-corrected chi connectivity index (χ4v) is 3.89. The molecule has 3 aromatic heterocycles. The smallest absolute Gasteiger partial charge is 0.456 e. The van der Waals surface area contributed by atoms with Gasteiger partial charge < -0.3 is 4.74 Å². The summed E-state index contributed by atoms with van der Waals surface area (Å²) in [5.74, 6) is -5.56. The van der Waals surface area contributed by atoms with Gasteiger partial charge in [-0.05, 0) is 24.3 Å². The van der Waals surface area contributed by atoms with Crippen molar-refractivity contribution in [2.24, 2.45) is 0 Å². The lowest BCUT2D eigenvalue weighted by Crippen LogP contribution is -2.41. The third kappa shape index (κ3) is 4.10. The Balaban J connectivity index is 1.70. The van der Waals surface area contributed by atoms with Crippen LogP contribution >= 0.6 is 0 Å². The van der Waals surface area contributed by atoms with Crippen molar-refractivity contribution in [2.45, 2.75) is 42.8 Å². The molecule has 1 saturated carbocycles. The molecule has 0 saturated heterocycles. The number of hydrogen-bond acceptors (Lipinski definition) is 7. The van der Waals surface area contributed by atoms with Crippen molar-refractivity contribution in [3.63, 3.8) is 0 Å². The van der Waals surface area contributed by atoms with Crippen LogP contribution in [0.4, 0.5) is 22.0 Å². The molecule has 14 heteroatoms. The second kappa shape index (κ2) is 7.60. The van der Waals surface area contributed by atoms with Crippen LogP contribution in [0.3, 0.4) is 0 Å². The molecule has 0 unspecified atom stereocenters. The van der Waals surface area contributed by atoms with E-state index in [9.17, 15) is 30.4 Å². The summed E-state index contributed by atoms with van der Waals surface area (Å²) in [5, 5.41) is 3.88.